The fourth-order valence-electron chi connectivity index (χ4n) is 3.17. The predicted molar refractivity (Wildman–Crippen MR) is 127 cm³/mol. The molecule has 0 radical (unpaired) electrons. The average molecular weight is 483 g/mol. The molecule has 1 aromatic carbocycles. The molecule has 1 amide bonds. The number of hydrogen-bond donors (Lipinski definition) is 2. The van der Waals surface area contributed by atoms with Gasteiger partial charge < -0.3 is 24.3 Å². The number of benzene rings is 1. The van der Waals surface area contributed by atoms with E-state index >= 15 is 0 Å². The number of thioether (sulfide) groups is 1. The van der Waals surface area contributed by atoms with Crippen LogP contribution in [0.25, 0.3) is 6.08 Å². The molecule has 1 aliphatic rings. The summed E-state index contributed by atoms with van der Waals surface area (Å²) in [6.07, 6.45) is 2.88. The summed E-state index contributed by atoms with van der Waals surface area (Å²) in [5.41, 5.74) is 2.14. The Kier molecular flexibility index (Phi) is 8.53. The smallest absolute Gasteiger partial charge is 0.327 e. The van der Waals surface area contributed by atoms with Crippen molar-refractivity contribution >= 4 is 37.3 Å². The summed E-state index contributed by atoms with van der Waals surface area (Å²) in [6.45, 7) is 7.92. The minimum atomic E-state index is -4.21. The van der Waals surface area contributed by atoms with E-state index in [1.54, 1.807) is 11.5 Å². The predicted octanol–water partition coefficient (Wildman–Crippen LogP) is 3.54. The number of carbonyl (C=O) groups excluding carboxylic acids is 2. The van der Waals surface area contributed by atoms with E-state index in [9.17, 15) is 14.2 Å². The summed E-state index contributed by atoms with van der Waals surface area (Å²) in [5, 5.41) is 1.71. The summed E-state index contributed by atoms with van der Waals surface area (Å²) in [6, 6.07) is 3.81. The number of carbonyl (C=O) groups is 2. The van der Waals surface area contributed by atoms with Gasteiger partial charge in [-0.2, -0.15) is 0 Å². The molecule has 1 aromatic rings. The summed E-state index contributed by atoms with van der Waals surface area (Å²) >= 11 is 1.25. The molecule has 0 unspecified atom stereocenters. The van der Waals surface area contributed by atoms with Gasteiger partial charge in [0, 0.05) is 37.3 Å². The first-order valence-corrected chi connectivity index (χ1v) is 12.8. The molecule has 0 saturated carbocycles. The molecular weight excluding hydrogens is 451 g/mol. The van der Waals surface area contributed by atoms with E-state index in [1.165, 1.54) is 29.8 Å². The lowest BCUT2D eigenvalue weighted by atomic mass is 9.83. The molecule has 0 atom stereocenters. The van der Waals surface area contributed by atoms with Crippen molar-refractivity contribution < 1.29 is 28.7 Å². The first-order chi connectivity index (χ1) is 14.7. The Hall–Kier alpha value is -1.90. The van der Waals surface area contributed by atoms with E-state index in [0.29, 0.717) is 17.2 Å². The lowest BCUT2D eigenvalue weighted by Crippen LogP contribution is -2.30. The summed E-state index contributed by atoms with van der Waals surface area (Å²) < 4.78 is 16.8. The zero-order chi connectivity index (χ0) is 24.3. The van der Waals surface area contributed by atoms with Crippen LogP contribution in [0.4, 0.5) is 0 Å². The zero-order valence-electron chi connectivity index (χ0n) is 19.3. The van der Waals surface area contributed by atoms with E-state index in [1.807, 2.05) is 51.9 Å². The van der Waals surface area contributed by atoms with Crippen LogP contribution in [-0.2, 0) is 26.1 Å². The molecule has 0 spiro atoms. The highest BCUT2D eigenvalue weighted by Crippen LogP contribution is 2.38. The van der Waals surface area contributed by atoms with Crippen LogP contribution in [-0.4, -0.2) is 58.3 Å². The zero-order valence-corrected chi connectivity index (χ0v) is 21.0. The molecule has 0 aromatic heterocycles. The van der Waals surface area contributed by atoms with Crippen LogP contribution in [0.5, 0.6) is 5.75 Å². The summed E-state index contributed by atoms with van der Waals surface area (Å²) in [5.74, 6) is -0.182. The van der Waals surface area contributed by atoms with Crippen molar-refractivity contribution in [3.8, 4) is 5.75 Å². The SMILES string of the molecule is CC(=O)Oc1c(CN(C)C)cc(/C=C2\SC=CN(CCP(=O)(O)O)C2=O)cc1C(C)(C)C. The Bertz CT molecular complexity index is 991. The third-order valence-electron chi connectivity index (χ3n) is 4.57. The maximum atomic E-state index is 12.9. The highest BCUT2D eigenvalue weighted by Gasteiger charge is 2.26. The number of hydrogen-bond acceptors (Lipinski definition) is 6. The van der Waals surface area contributed by atoms with Gasteiger partial charge in [0.15, 0.2) is 0 Å². The first-order valence-electron chi connectivity index (χ1n) is 10.1. The highest BCUT2D eigenvalue weighted by atomic mass is 32.2. The molecule has 1 aliphatic heterocycles. The number of esters is 1. The fourth-order valence-corrected chi connectivity index (χ4v) is 4.43. The van der Waals surface area contributed by atoms with Crippen LogP contribution in [0.15, 0.2) is 28.6 Å². The van der Waals surface area contributed by atoms with Gasteiger partial charge >= 0.3 is 13.6 Å². The third kappa shape index (κ3) is 7.60. The molecular formula is C22H31N2O6PS. The fraction of sp³-hybridized carbons (Fsp3) is 0.455. The van der Waals surface area contributed by atoms with Gasteiger partial charge in [0.1, 0.15) is 5.75 Å². The second-order valence-corrected chi connectivity index (χ2v) is 11.7. The van der Waals surface area contributed by atoms with E-state index < -0.39 is 19.7 Å². The van der Waals surface area contributed by atoms with E-state index in [0.717, 1.165) is 16.7 Å². The van der Waals surface area contributed by atoms with Crippen molar-refractivity contribution in [2.75, 3.05) is 26.8 Å². The lowest BCUT2D eigenvalue weighted by Gasteiger charge is -2.26. The second-order valence-electron chi connectivity index (χ2n) is 8.94. The van der Waals surface area contributed by atoms with Crippen LogP contribution in [0.1, 0.15) is 44.4 Å². The molecule has 0 bridgehead atoms. The quantitative estimate of drug-likeness (QED) is 0.263. The van der Waals surface area contributed by atoms with E-state index in [-0.39, 0.29) is 17.9 Å². The lowest BCUT2D eigenvalue weighted by molar-refractivity contribution is -0.132. The number of nitrogens with zero attached hydrogens (tertiary/aromatic N) is 2. The Morgan fingerprint density at radius 1 is 1.28 bits per heavy atom. The van der Waals surface area contributed by atoms with Crippen LogP contribution in [0, 0.1) is 0 Å². The van der Waals surface area contributed by atoms with Crippen molar-refractivity contribution in [1.29, 1.82) is 0 Å². The van der Waals surface area contributed by atoms with Crippen LogP contribution < -0.4 is 4.74 Å². The van der Waals surface area contributed by atoms with Crippen LogP contribution in [0.2, 0.25) is 0 Å². The monoisotopic (exact) mass is 482 g/mol. The molecule has 0 fully saturated rings. The van der Waals surface area contributed by atoms with Crippen LogP contribution in [0.3, 0.4) is 0 Å². The normalized spacial score (nSPS) is 16.2. The van der Waals surface area contributed by atoms with Crippen molar-refractivity contribution in [3.05, 3.63) is 45.3 Å². The Morgan fingerprint density at radius 2 is 1.94 bits per heavy atom. The van der Waals surface area contributed by atoms with Gasteiger partial charge in [0.25, 0.3) is 5.91 Å². The average Bonchev–Trinajstić information content (AvgIpc) is 2.62. The molecule has 176 valence electrons. The van der Waals surface area contributed by atoms with Gasteiger partial charge in [-0.3, -0.25) is 14.2 Å². The Morgan fingerprint density at radius 3 is 2.47 bits per heavy atom. The Balaban J connectivity index is 2.51. The minimum absolute atomic E-state index is 0.0674. The van der Waals surface area contributed by atoms with Gasteiger partial charge in [0.05, 0.1) is 11.1 Å². The van der Waals surface area contributed by atoms with E-state index in [2.05, 4.69) is 0 Å². The van der Waals surface area contributed by atoms with Crippen molar-refractivity contribution in [2.24, 2.45) is 0 Å². The summed E-state index contributed by atoms with van der Waals surface area (Å²) in [4.78, 5) is 46.6. The maximum absolute atomic E-state index is 12.9. The molecule has 10 heteroatoms. The largest absolute Gasteiger partial charge is 0.426 e. The van der Waals surface area contributed by atoms with Gasteiger partial charge in [-0.15, -0.1) is 0 Å². The van der Waals surface area contributed by atoms with Gasteiger partial charge in [-0.05, 0) is 48.7 Å². The van der Waals surface area contributed by atoms with Crippen LogP contribution >= 0.6 is 19.4 Å². The van der Waals surface area contributed by atoms with Crippen molar-refractivity contribution in [1.82, 2.24) is 9.80 Å². The Labute approximate surface area is 193 Å². The minimum Gasteiger partial charge on any atom is -0.426 e. The molecule has 2 rings (SSSR count). The third-order valence-corrected chi connectivity index (χ3v) is 6.15. The maximum Gasteiger partial charge on any atom is 0.327 e. The molecule has 2 N–H and O–H groups in total. The molecule has 0 aliphatic carbocycles. The second kappa shape index (κ2) is 10.4. The number of amides is 1. The van der Waals surface area contributed by atoms with Gasteiger partial charge in [0.2, 0.25) is 0 Å². The first kappa shape index (κ1) is 26.4. The number of rotatable bonds is 7. The molecule has 32 heavy (non-hydrogen) atoms. The summed E-state index contributed by atoms with van der Waals surface area (Å²) in [7, 11) is -0.367. The molecule has 1 heterocycles. The standard InChI is InChI=1S/C22H31N2O6PS/c1-15(25)30-20-17(14-23(5)6)11-16(12-18(20)22(2,3)4)13-19-21(26)24(8-10-32-19)7-9-31(27,28)29/h8,10-13H,7,9,14H2,1-6H3,(H2,27,28,29)/b19-13-. The van der Waals surface area contributed by atoms with Gasteiger partial charge in [-0.1, -0.05) is 32.5 Å². The number of ether oxygens (including phenoxy) is 1. The molecule has 8 nitrogen and oxygen atoms in total. The van der Waals surface area contributed by atoms with Crippen molar-refractivity contribution in [3.63, 3.8) is 0 Å². The van der Waals surface area contributed by atoms with E-state index in [4.69, 9.17) is 14.5 Å². The topological polar surface area (TPSA) is 107 Å². The highest BCUT2D eigenvalue weighted by molar-refractivity contribution is 8.06. The van der Waals surface area contributed by atoms with Gasteiger partial charge in [-0.25, -0.2) is 0 Å². The van der Waals surface area contributed by atoms with Crippen molar-refractivity contribution in [2.45, 2.75) is 39.7 Å². The molecule has 0 saturated heterocycles.